The molecule has 0 spiro atoms. The van der Waals surface area contributed by atoms with E-state index in [1.807, 2.05) is 26.8 Å². The minimum Gasteiger partial charge on any atom is -0.507 e. The van der Waals surface area contributed by atoms with E-state index in [1.54, 1.807) is 0 Å². The second-order valence-corrected chi connectivity index (χ2v) is 7.84. The van der Waals surface area contributed by atoms with Crippen LogP contribution in [0.15, 0.2) is 29.9 Å². The van der Waals surface area contributed by atoms with Gasteiger partial charge in [0.1, 0.15) is 17.1 Å². The highest BCUT2D eigenvalue weighted by molar-refractivity contribution is 5.94. The molecule has 0 heterocycles. The Labute approximate surface area is 170 Å². The summed E-state index contributed by atoms with van der Waals surface area (Å²) in [6, 6.07) is 1.37. The van der Waals surface area contributed by atoms with Crippen LogP contribution in [0.3, 0.4) is 0 Å². The lowest BCUT2D eigenvalue weighted by atomic mass is 9.73. The van der Waals surface area contributed by atoms with Gasteiger partial charge in [0.05, 0.1) is 0 Å². The van der Waals surface area contributed by atoms with E-state index >= 15 is 0 Å². The number of aryl methyl sites for hydroxylation is 1. The largest absolute Gasteiger partial charge is 0.507 e. The first-order chi connectivity index (χ1) is 13.7. The molecule has 2 N–H and O–H groups in total. The number of aromatic hydroxyl groups is 1. The molecule has 4 nitrogen and oxygen atoms in total. The van der Waals surface area contributed by atoms with Gasteiger partial charge in [-0.15, -0.1) is 0 Å². The number of hydrogen-bond acceptors (Lipinski definition) is 3. The smallest absolute Gasteiger partial charge is 0.387 e. The third kappa shape index (κ3) is 5.37. The first-order valence-electron chi connectivity index (χ1n) is 10.1. The average Bonchev–Trinajstić information content (AvgIpc) is 2.60. The zero-order valence-corrected chi connectivity index (χ0v) is 17.3. The summed E-state index contributed by atoms with van der Waals surface area (Å²) >= 11 is 0. The summed E-state index contributed by atoms with van der Waals surface area (Å²) in [6.45, 7) is 6.73. The first kappa shape index (κ1) is 22.9. The van der Waals surface area contributed by atoms with E-state index in [0.717, 1.165) is 36.8 Å². The highest BCUT2D eigenvalue weighted by atomic mass is 19.3. The lowest BCUT2D eigenvalue weighted by molar-refractivity contribution is -0.0508. The van der Waals surface area contributed by atoms with Crippen LogP contribution in [0.1, 0.15) is 80.3 Å². The third-order valence-corrected chi connectivity index (χ3v) is 5.58. The van der Waals surface area contributed by atoms with Gasteiger partial charge in [0.15, 0.2) is 0 Å². The minimum absolute atomic E-state index is 0.0998. The molecule has 1 aromatic carbocycles. The van der Waals surface area contributed by atoms with Crippen LogP contribution in [0.25, 0.3) is 0 Å². The lowest BCUT2D eigenvalue weighted by Crippen LogP contribution is -2.20. The number of carboxylic acid groups (broad SMARTS) is 1. The fourth-order valence-electron chi connectivity index (χ4n) is 4.13. The van der Waals surface area contributed by atoms with Crippen molar-refractivity contribution in [2.45, 2.75) is 71.8 Å². The number of alkyl halides is 2. The van der Waals surface area contributed by atoms with Crippen LogP contribution in [0.4, 0.5) is 8.78 Å². The quantitative estimate of drug-likeness (QED) is 0.364. The number of carboxylic acids is 1. The average molecular weight is 408 g/mol. The molecule has 1 aliphatic carbocycles. The van der Waals surface area contributed by atoms with E-state index in [9.17, 15) is 23.8 Å². The van der Waals surface area contributed by atoms with Gasteiger partial charge in [-0.2, -0.15) is 8.78 Å². The monoisotopic (exact) mass is 408 g/mol. The number of carbonyl (C=O) groups is 1. The zero-order chi connectivity index (χ0) is 21.7. The van der Waals surface area contributed by atoms with Gasteiger partial charge < -0.3 is 14.9 Å². The number of phenols is 1. The summed E-state index contributed by atoms with van der Waals surface area (Å²) in [7, 11) is 0. The van der Waals surface area contributed by atoms with Crippen molar-refractivity contribution in [2.75, 3.05) is 0 Å². The topological polar surface area (TPSA) is 66.8 Å². The Morgan fingerprint density at radius 2 is 2.07 bits per heavy atom. The molecule has 0 radical (unpaired) electrons. The van der Waals surface area contributed by atoms with Crippen LogP contribution in [0.2, 0.25) is 0 Å². The zero-order valence-electron chi connectivity index (χ0n) is 17.3. The molecular weight excluding hydrogens is 378 g/mol. The summed E-state index contributed by atoms with van der Waals surface area (Å²) in [5.41, 5.74) is 2.10. The SMILES string of the molecule is C=C(C)C1CCC(C)=CC1c1c(OC(F)F)cc(CCCCC)c(C(=O)O)c1O. The van der Waals surface area contributed by atoms with Crippen molar-refractivity contribution in [3.8, 4) is 11.5 Å². The molecule has 6 heteroatoms. The van der Waals surface area contributed by atoms with Crippen molar-refractivity contribution < 1.29 is 28.5 Å². The molecule has 0 amide bonds. The Bertz CT molecular complexity index is 799. The maximum absolute atomic E-state index is 13.2. The second-order valence-electron chi connectivity index (χ2n) is 7.84. The molecule has 0 bridgehead atoms. The summed E-state index contributed by atoms with van der Waals surface area (Å²) in [4.78, 5) is 11.9. The predicted octanol–water partition coefficient (Wildman–Crippen LogP) is 6.44. The molecule has 29 heavy (non-hydrogen) atoms. The number of ether oxygens (including phenoxy) is 1. The lowest BCUT2D eigenvalue weighted by Gasteiger charge is -2.32. The van der Waals surface area contributed by atoms with Gasteiger partial charge in [0, 0.05) is 11.5 Å². The Morgan fingerprint density at radius 3 is 2.62 bits per heavy atom. The van der Waals surface area contributed by atoms with Crippen molar-refractivity contribution in [3.63, 3.8) is 0 Å². The number of halogens is 2. The molecule has 2 unspecified atom stereocenters. The third-order valence-electron chi connectivity index (χ3n) is 5.58. The Kier molecular flexibility index (Phi) is 7.82. The van der Waals surface area contributed by atoms with Gasteiger partial charge >= 0.3 is 12.6 Å². The van der Waals surface area contributed by atoms with Crippen molar-refractivity contribution in [1.29, 1.82) is 0 Å². The standard InChI is InChI=1S/C23H30F2O4/c1-5-6-7-8-15-12-18(29-23(24)25)20(21(26)19(15)22(27)28)17-11-14(4)9-10-16(17)13(2)3/h11-12,16-17,23,26H,2,5-10H2,1,3-4H3,(H,27,28). The van der Waals surface area contributed by atoms with Crippen LogP contribution in [-0.2, 0) is 6.42 Å². The summed E-state index contributed by atoms with van der Waals surface area (Å²) < 4.78 is 31.1. The first-order valence-corrected chi connectivity index (χ1v) is 10.1. The van der Waals surface area contributed by atoms with Crippen LogP contribution >= 0.6 is 0 Å². The minimum atomic E-state index is -3.08. The highest BCUT2D eigenvalue weighted by Crippen LogP contribution is 2.48. The highest BCUT2D eigenvalue weighted by Gasteiger charge is 2.34. The summed E-state index contributed by atoms with van der Waals surface area (Å²) in [5.74, 6) is -2.49. The molecule has 2 atom stereocenters. The van der Waals surface area contributed by atoms with Crippen molar-refractivity contribution >= 4 is 5.97 Å². The van der Waals surface area contributed by atoms with Crippen LogP contribution in [0, 0.1) is 5.92 Å². The second kappa shape index (κ2) is 9.90. The van der Waals surface area contributed by atoms with Gasteiger partial charge in [-0.3, -0.25) is 0 Å². The van der Waals surface area contributed by atoms with Gasteiger partial charge in [-0.05, 0) is 57.1 Å². The number of hydrogen-bond donors (Lipinski definition) is 2. The van der Waals surface area contributed by atoms with E-state index in [-0.39, 0.29) is 22.8 Å². The van der Waals surface area contributed by atoms with E-state index in [1.165, 1.54) is 6.07 Å². The number of benzene rings is 1. The maximum atomic E-state index is 13.2. The fourth-order valence-corrected chi connectivity index (χ4v) is 4.13. The van der Waals surface area contributed by atoms with Gasteiger partial charge in [-0.1, -0.05) is 43.6 Å². The van der Waals surface area contributed by atoms with E-state index in [4.69, 9.17) is 4.74 Å². The van der Waals surface area contributed by atoms with Crippen molar-refractivity contribution in [3.05, 3.63) is 46.6 Å². The normalized spacial score (nSPS) is 19.2. The van der Waals surface area contributed by atoms with E-state index in [2.05, 4.69) is 6.58 Å². The summed E-state index contributed by atoms with van der Waals surface area (Å²) in [5, 5.41) is 20.7. The Morgan fingerprint density at radius 1 is 1.38 bits per heavy atom. The van der Waals surface area contributed by atoms with Crippen molar-refractivity contribution in [2.24, 2.45) is 5.92 Å². The van der Waals surface area contributed by atoms with E-state index in [0.29, 0.717) is 18.4 Å². The number of unbranched alkanes of at least 4 members (excludes halogenated alkanes) is 2. The maximum Gasteiger partial charge on any atom is 0.387 e. The van der Waals surface area contributed by atoms with Crippen LogP contribution in [0.5, 0.6) is 11.5 Å². The Hall–Kier alpha value is -2.37. The van der Waals surface area contributed by atoms with Gasteiger partial charge in [0.25, 0.3) is 0 Å². The Balaban J connectivity index is 2.71. The van der Waals surface area contributed by atoms with Crippen molar-refractivity contribution in [1.82, 2.24) is 0 Å². The molecule has 0 saturated heterocycles. The molecule has 160 valence electrons. The number of rotatable bonds is 9. The number of aromatic carboxylic acids is 1. The molecule has 1 aromatic rings. The molecule has 0 fully saturated rings. The summed E-state index contributed by atoms with van der Waals surface area (Å²) in [6.07, 6.45) is 6.34. The number of allylic oxidation sites excluding steroid dienone is 3. The molecule has 0 saturated carbocycles. The molecule has 0 aromatic heterocycles. The van der Waals surface area contributed by atoms with Gasteiger partial charge in [0.2, 0.25) is 0 Å². The van der Waals surface area contributed by atoms with E-state index < -0.39 is 24.2 Å². The molecular formula is C23H30F2O4. The molecule has 2 rings (SSSR count). The fraction of sp³-hybridized carbons (Fsp3) is 0.522. The molecule has 1 aliphatic rings. The van der Waals surface area contributed by atoms with Crippen LogP contribution in [-0.4, -0.2) is 22.8 Å². The van der Waals surface area contributed by atoms with Gasteiger partial charge in [-0.25, -0.2) is 4.79 Å². The van der Waals surface area contributed by atoms with Crippen LogP contribution < -0.4 is 4.74 Å². The molecule has 0 aliphatic heterocycles. The predicted molar refractivity (Wildman–Crippen MR) is 109 cm³/mol.